The number of carbonyl (C=O) groups is 1. The predicted molar refractivity (Wildman–Crippen MR) is 74.3 cm³/mol. The maximum Gasteiger partial charge on any atom is 0.129 e. The summed E-state index contributed by atoms with van der Waals surface area (Å²) in [4.78, 5) is 13.0. The number of halogens is 1. The zero-order valence-corrected chi connectivity index (χ0v) is 12.0. The minimum absolute atomic E-state index is 0.240. The number of benzene rings is 1. The fraction of sp³-hybridized carbons (Fsp3) is 0.500. The van der Waals surface area contributed by atoms with Crippen molar-refractivity contribution >= 4 is 17.4 Å². The van der Waals surface area contributed by atoms with E-state index in [-0.39, 0.29) is 5.78 Å². The zero-order chi connectivity index (χ0) is 13.5. The summed E-state index contributed by atoms with van der Waals surface area (Å²) in [6, 6.07) is 5.61. The summed E-state index contributed by atoms with van der Waals surface area (Å²) in [5.41, 5.74) is 1.07. The number of nitrogens with zero attached hydrogens (tertiary/aromatic N) is 1. The minimum atomic E-state index is 0.240. The van der Waals surface area contributed by atoms with Crippen LogP contribution in [0.1, 0.15) is 25.3 Å². The van der Waals surface area contributed by atoms with Gasteiger partial charge in [-0.25, -0.2) is 0 Å². The highest BCUT2D eigenvalue weighted by molar-refractivity contribution is 6.30. The topological polar surface area (TPSA) is 29.5 Å². The Balaban J connectivity index is 2.55. The van der Waals surface area contributed by atoms with Gasteiger partial charge in [-0.3, -0.25) is 0 Å². The van der Waals surface area contributed by atoms with E-state index >= 15 is 0 Å². The largest absolute Gasteiger partial charge is 0.496 e. The Morgan fingerprint density at radius 2 is 2.17 bits per heavy atom. The molecular weight excluding hydrogens is 250 g/mol. The SMILES string of the molecule is COc1ccc(Cl)cc1CN(C)CCCC(C)=O. The van der Waals surface area contributed by atoms with Gasteiger partial charge >= 0.3 is 0 Å². The van der Waals surface area contributed by atoms with Gasteiger partial charge in [0.15, 0.2) is 0 Å². The van der Waals surface area contributed by atoms with E-state index in [1.807, 2.05) is 25.2 Å². The Morgan fingerprint density at radius 3 is 2.78 bits per heavy atom. The highest BCUT2D eigenvalue weighted by Crippen LogP contribution is 2.23. The average Bonchev–Trinajstić information content (AvgIpc) is 2.28. The third-order valence-electron chi connectivity index (χ3n) is 2.75. The second kappa shape index (κ2) is 7.39. The molecule has 0 aromatic heterocycles. The summed E-state index contributed by atoms with van der Waals surface area (Å²) in [7, 11) is 3.68. The first-order valence-corrected chi connectivity index (χ1v) is 6.41. The number of ketones is 1. The number of Topliss-reactive ketones (excluding diaryl/α,β-unsaturated/α-hetero) is 1. The molecule has 0 saturated carbocycles. The molecule has 0 spiro atoms. The molecule has 1 aromatic rings. The molecule has 0 amide bonds. The maximum absolute atomic E-state index is 10.9. The molecule has 0 atom stereocenters. The lowest BCUT2D eigenvalue weighted by Gasteiger charge is -2.18. The third-order valence-corrected chi connectivity index (χ3v) is 2.99. The lowest BCUT2D eigenvalue weighted by molar-refractivity contribution is -0.117. The number of rotatable bonds is 7. The summed E-state index contributed by atoms with van der Waals surface area (Å²) >= 11 is 5.98. The van der Waals surface area contributed by atoms with Crippen molar-refractivity contribution in [1.82, 2.24) is 4.90 Å². The summed E-state index contributed by atoms with van der Waals surface area (Å²) < 4.78 is 5.30. The zero-order valence-electron chi connectivity index (χ0n) is 11.2. The molecule has 1 rings (SSSR count). The van der Waals surface area contributed by atoms with Crippen LogP contribution in [0.5, 0.6) is 5.75 Å². The number of methoxy groups -OCH3 is 1. The standard InChI is InChI=1S/C14H20ClNO2/c1-11(17)5-4-8-16(2)10-12-9-13(15)6-7-14(12)18-3/h6-7,9H,4-5,8,10H2,1-3H3. The average molecular weight is 270 g/mol. The van der Waals surface area contributed by atoms with Crippen LogP contribution in [0, 0.1) is 0 Å². The number of ether oxygens (including phenoxy) is 1. The molecule has 4 heteroatoms. The summed E-state index contributed by atoms with van der Waals surface area (Å²) in [5.74, 6) is 1.08. The molecule has 3 nitrogen and oxygen atoms in total. The van der Waals surface area contributed by atoms with Gasteiger partial charge in [0.25, 0.3) is 0 Å². The van der Waals surface area contributed by atoms with E-state index in [0.717, 1.165) is 30.8 Å². The normalized spacial score (nSPS) is 10.7. The van der Waals surface area contributed by atoms with Crippen molar-refractivity contribution in [2.45, 2.75) is 26.3 Å². The first kappa shape index (κ1) is 15.0. The molecule has 0 N–H and O–H groups in total. The summed E-state index contributed by atoms with van der Waals surface area (Å²) in [6.07, 6.45) is 1.52. The van der Waals surface area contributed by atoms with E-state index in [4.69, 9.17) is 16.3 Å². The van der Waals surface area contributed by atoms with Crippen LogP contribution in [0.3, 0.4) is 0 Å². The molecule has 0 aliphatic heterocycles. The van der Waals surface area contributed by atoms with Crippen LogP contribution >= 0.6 is 11.6 Å². The lowest BCUT2D eigenvalue weighted by atomic mass is 10.1. The summed E-state index contributed by atoms with van der Waals surface area (Å²) in [5, 5.41) is 0.711. The van der Waals surface area contributed by atoms with Gasteiger partial charge in [0, 0.05) is 23.6 Å². The van der Waals surface area contributed by atoms with Crippen molar-refractivity contribution in [2.24, 2.45) is 0 Å². The number of hydrogen-bond acceptors (Lipinski definition) is 3. The van der Waals surface area contributed by atoms with Gasteiger partial charge in [-0.15, -0.1) is 0 Å². The Labute approximate surface area is 114 Å². The van der Waals surface area contributed by atoms with Crippen LogP contribution in [0.4, 0.5) is 0 Å². The Bertz CT molecular complexity index is 407. The van der Waals surface area contributed by atoms with Gasteiger partial charge in [-0.1, -0.05) is 11.6 Å². The van der Waals surface area contributed by atoms with E-state index in [1.165, 1.54) is 0 Å². The van der Waals surface area contributed by atoms with Crippen LogP contribution in [0.2, 0.25) is 5.02 Å². The molecule has 0 bridgehead atoms. The molecule has 0 radical (unpaired) electrons. The molecule has 100 valence electrons. The molecule has 0 aliphatic rings. The van der Waals surface area contributed by atoms with Crippen molar-refractivity contribution < 1.29 is 9.53 Å². The first-order chi connectivity index (χ1) is 8.52. The van der Waals surface area contributed by atoms with E-state index in [1.54, 1.807) is 14.0 Å². The first-order valence-electron chi connectivity index (χ1n) is 6.03. The van der Waals surface area contributed by atoms with Crippen molar-refractivity contribution in [1.29, 1.82) is 0 Å². The van der Waals surface area contributed by atoms with E-state index in [0.29, 0.717) is 11.4 Å². The Morgan fingerprint density at radius 1 is 1.44 bits per heavy atom. The van der Waals surface area contributed by atoms with E-state index in [9.17, 15) is 4.79 Å². The fourth-order valence-electron chi connectivity index (χ4n) is 1.84. The van der Waals surface area contributed by atoms with Gasteiger partial charge in [0.05, 0.1) is 7.11 Å². The molecule has 0 saturated heterocycles. The van der Waals surface area contributed by atoms with Crippen molar-refractivity contribution in [2.75, 3.05) is 20.7 Å². The van der Waals surface area contributed by atoms with Crippen LogP contribution < -0.4 is 4.74 Å². The van der Waals surface area contributed by atoms with E-state index in [2.05, 4.69) is 4.90 Å². The second-order valence-electron chi connectivity index (χ2n) is 4.50. The molecule has 0 aliphatic carbocycles. The Hall–Kier alpha value is -1.06. The molecule has 18 heavy (non-hydrogen) atoms. The maximum atomic E-state index is 10.9. The number of hydrogen-bond donors (Lipinski definition) is 0. The molecule has 0 heterocycles. The minimum Gasteiger partial charge on any atom is -0.496 e. The molecule has 0 unspecified atom stereocenters. The van der Waals surface area contributed by atoms with Gasteiger partial charge in [-0.05, 0) is 45.1 Å². The summed E-state index contributed by atoms with van der Waals surface area (Å²) in [6.45, 7) is 3.27. The van der Waals surface area contributed by atoms with Crippen LogP contribution in [0.25, 0.3) is 0 Å². The molecule has 0 fully saturated rings. The van der Waals surface area contributed by atoms with Gasteiger partial charge in [-0.2, -0.15) is 0 Å². The quantitative estimate of drug-likeness (QED) is 0.762. The monoisotopic (exact) mass is 269 g/mol. The van der Waals surface area contributed by atoms with Crippen molar-refractivity contribution in [3.8, 4) is 5.75 Å². The van der Waals surface area contributed by atoms with Gasteiger partial charge in [0.2, 0.25) is 0 Å². The predicted octanol–water partition coefficient (Wildman–Crippen LogP) is 3.15. The van der Waals surface area contributed by atoms with Gasteiger partial charge in [0.1, 0.15) is 11.5 Å². The van der Waals surface area contributed by atoms with Crippen LogP contribution in [-0.4, -0.2) is 31.4 Å². The fourth-order valence-corrected chi connectivity index (χ4v) is 2.03. The highest BCUT2D eigenvalue weighted by atomic mass is 35.5. The van der Waals surface area contributed by atoms with Crippen LogP contribution in [-0.2, 0) is 11.3 Å². The molecule has 1 aromatic carbocycles. The van der Waals surface area contributed by atoms with Crippen molar-refractivity contribution in [3.63, 3.8) is 0 Å². The third kappa shape index (κ3) is 5.07. The second-order valence-corrected chi connectivity index (χ2v) is 4.94. The number of carbonyl (C=O) groups excluding carboxylic acids is 1. The highest BCUT2D eigenvalue weighted by Gasteiger charge is 2.07. The van der Waals surface area contributed by atoms with E-state index < -0.39 is 0 Å². The lowest BCUT2D eigenvalue weighted by Crippen LogP contribution is -2.20. The Kier molecular flexibility index (Phi) is 6.16. The van der Waals surface area contributed by atoms with Crippen molar-refractivity contribution in [3.05, 3.63) is 28.8 Å². The van der Waals surface area contributed by atoms with Crippen LogP contribution in [0.15, 0.2) is 18.2 Å². The molecular formula is C14H20ClNO2. The van der Waals surface area contributed by atoms with Gasteiger partial charge < -0.3 is 14.4 Å². The smallest absolute Gasteiger partial charge is 0.129 e.